The molecule has 5 nitrogen and oxygen atoms in total. The Morgan fingerprint density at radius 2 is 1.75 bits per heavy atom. The maximum atomic E-state index is 5.49. The first-order valence-corrected chi connectivity index (χ1v) is 7.29. The quantitative estimate of drug-likeness (QED) is 0.663. The summed E-state index contributed by atoms with van der Waals surface area (Å²) < 4.78 is 10.5. The summed E-state index contributed by atoms with van der Waals surface area (Å²) in [4.78, 5) is 9.06. The Bertz CT molecular complexity index is 374. The van der Waals surface area contributed by atoms with Crippen LogP contribution in [0.15, 0.2) is 0 Å². The number of rotatable bonds is 10. The Labute approximate surface area is 122 Å². The van der Waals surface area contributed by atoms with Crippen molar-refractivity contribution < 1.29 is 9.47 Å². The molecule has 0 spiro atoms. The van der Waals surface area contributed by atoms with E-state index in [-0.39, 0.29) is 0 Å². The van der Waals surface area contributed by atoms with E-state index >= 15 is 0 Å². The molecule has 0 aliphatic rings. The van der Waals surface area contributed by atoms with Crippen molar-refractivity contribution >= 4 is 0 Å². The van der Waals surface area contributed by atoms with E-state index in [0.29, 0.717) is 6.61 Å². The lowest BCUT2D eigenvalue weighted by Gasteiger charge is -2.11. The molecule has 1 N–H and O–H groups in total. The molecule has 0 aromatic carbocycles. The number of hydrogen-bond donors (Lipinski definition) is 1. The van der Waals surface area contributed by atoms with Crippen LogP contribution in [0.25, 0.3) is 0 Å². The monoisotopic (exact) mass is 281 g/mol. The molecule has 1 aromatic heterocycles. The molecular weight excluding hydrogens is 254 g/mol. The molecule has 20 heavy (non-hydrogen) atoms. The smallest absolute Gasteiger partial charge is 0.154 e. The number of nitrogens with zero attached hydrogens (tertiary/aromatic N) is 2. The van der Waals surface area contributed by atoms with Crippen molar-refractivity contribution in [2.75, 3.05) is 33.4 Å². The van der Waals surface area contributed by atoms with Crippen LogP contribution in [0.2, 0.25) is 0 Å². The zero-order valence-electron chi connectivity index (χ0n) is 13.2. The molecule has 1 heterocycles. The number of methoxy groups -OCH3 is 1. The van der Waals surface area contributed by atoms with Gasteiger partial charge in [0.05, 0.1) is 6.61 Å². The summed E-state index contributed by atoms with van der Waals surface area (Å²) in [6.45, 7) is 9.97. The second kappa shape index (κ2) is 9.80. The molecule has 0 radical (unpaired) electrons. The highest BCUT2D eigenvalue weighted by Gasteiger charge is 2.08. The molecule has 114 valence electrons. The average Bonchev–Trinajstić information content (AvgIpc) is 2.41. The molecule has 0 unspecified atom stereocenters. The van der Waals surface area contributed by atoms with Gasteiger partial charge in [-0.2, -0.15) is 0 Å². The predicted octanol–water partition coefficient (Wildman–Crippen LogP) is 1.80. The third-order valence-corrected chi connectivity index (χ3v) is 3.08. The first-order valence-electron chi connectivity index (χ1n) is 7.29. The van der Waals surface area contributed by atoms with Gasteiger partial charge in [-0.1, -0.05) is 6.92 Å². The zero-order chi connectivity index (χ0) is 14.8. The number of aromatic nitrogens is 2. The van der Waals surface area contributed by atoms with Gasteiger partial charge in [0.25, 0.3) is 0 Å². The Balaban J connectivity index is 2.51. The van der Waals surface area contributed by atoms with E-state index in [9.17, 15) is 0 Å². The predicted molar refractivity (Wildman–Crippen MR) is 79.9 cm³/mol. The van der Waals surface area contributed by atoms with E-state index in [0.717, 1.165) is 56.4 Å². The summed E-state index contributed by atoms with van der Waals surface area (Å²) in [5, 5.41) is 3.34. The van der Waals surface area contributed by atoms with Gasteiger partial charge in [-0.3, -0.25) is 0 Å². The average molecular weight is 281 g/mol. The molecule has 0 bridgehead atoms. The fraction of sp³-hybridized carbons (Fsp3) is 0.733. The summed E-state index contributed by atoms with van der Waals surface area (Å²) in [6, 6.07) is 0. The van der Waals surface area contributed by atoms with Gasteiger partial charge in [0.1, 0.15) is 6.61 Å². The van der Waals surface area contributed by atoms with Gasteiger partial charge in [-0.05, 0) is 38.8 Å². The van der Waals surface area contributed by atoms with Crippen molar-refractivity contribution in [3.05, 3.63) is 22.8 Å². The summed E-state index contributed by atoms with van der Waals surface area (Å²) in [5.74, 6) is 0.782. The molecule has 0 fully saturated rings. The van der Waals surface area contributed by atoms with Gasteiger partial charge >= 0.3 is 0 Å². The molecule has 1 rings (SSSR count). The Kier molecular flexibility index (Phi) is 8.34. The minimum Gasteiger partial charge on any atom is -0.383 e. The lowest BCUT2D eigenvalue weighted by molar-refractivity contribution is 0.116. The van der Waals surface area contributed by atoms with Gasteiger partial charge in [-0.15, -0.1) is 0 Å². The second-order valence-corrected chi connectivity index (χ2v) is 4.83. The van der Waals surface area contributed by atoms with Crippen LogP contribution < -0.4 is 5.32 Å². The first-order chi connectivity index (χ1) is 9.69. The molecule has 0 aliphatic carbocycles. The van der Waals surface area contributed by atoms with Crippen LogP contribution in [0, 0.1) is 13.8 Å². The third-order valence-electron chi connectivity index (χ3n) is 3.08. The number of nitrogens with one attached hydrogen (secondary N) is 1. The van der Waals surface area contributed by atoms with E-state index in [1.54, 1.807) is 7.11 Å². The number of ether oxygens (including phenoxy) is 2. The van der Waals surface area contributed by atoms with Crippen LogP contribution in [-0.2, 0) is 22.5 Å². The standard InChI is InChI=1S/C15H27N3O2/c1-5-9-20-11-15-17-12(2)14(13(3)18-15)6-7-16-8-10-19-4/h16H,5-11H2,1-4H3. The summed E-state index contributed by atoms with van der Waals surface area (Å²) in [5.41, 5.74) is 3.34. The van der Waals surface area contributed by atoms with Gasteiger partial charge in [0.15, 0.2) is 5.82 Å². The van der Waals surface area contributed by atoms with Crippen molar-refractivity contribution in [1.82, 2.24) is 15.3 Å². The molecule has 0 atom stereocenters. The van der Waals surface area contributed by atoms with E-state index < -0.39 is 0 Å². The topological polar surface area (TPSA) is 56.3 Å². The molecule has 0 aliphatic heterocycles. The van der Waals surface area contributed by atoms with Crippen LogP contribution in [0.5, 0.6) is 0 Å². The van der Waals surface area contributed by atoms with E-state index in [1.807, 2.05) is 13.8 Å². The molecule has 0 amide bonds. The van der Waals surface area contributed by atoms with Crippen LogP contribution in [0.1, 0.15) is 36.1 Å². The fourth-order valence-electron chi connectivity index (χ4n) is 2.06. The highest BCUT2D eigenvalue weighted by atomic mass is 16.5. The Hall–Kier alpha value is -1.04. The lowest BCUT2D eigenvalue weighted by Crippen LogP contribution is -2.22. The summed E-state index contributed by atoms with van der Waals surface area (Å²) in [7, 11) is 1.71. The zero-order valence-corrected chi connectivity index (χ0v) is 13.2. The highest BCUT2D eigenvalue weighted by Crippen LogP contribution is 2.11. The SMILES string of the molecule is CCCOCc1nc(C)c(CCNCCOC)c(C)n1. The summed E-state index contributed by atoms with van der Waals surface area (Å²) >= 11 is 0. The van der Waals surface area contributed by atoms with Crippen molar-refractivity contribution in [2.45, 2.75) is 40.2 Å². The van der Waals surface area contributed by atoms with Crippen LogP contribution in [0.3, 0.4) is 0 Å². The Morgan fingerprint density at radius 1 is 1.05 bits per heavy atom. The normalized spacial score (nSPS) is 11.0. The van der Waals surface area contributed by atoms with Crippen molar-refractivity contribution in [2.24, 2.45) is 0 Å². The molecular formula is C15H27N3O2. The van der Waals surface area contributed by atoms with E-state index in [4.69, 9.17) is 9.47 Å². The third kappa shape index (κ3) is 5.94. The van der Waals surface area contributed by atoms with Gasteiger partial charge in [0, 0.05) is 31.6 Å². The highest BCUT2D eigenvalue weighted by molar-refractivity contribution is 5.24. The maximum Gasteiger partial charge on any atom is 0.154 e. The van der Waals surface area contributed by atoms with Crippen molar-refractivity contribution in [3.63, 3.8) is 0 Å². The minimum absolute atomic E-state index is 0.502. The molecule has 0 saturated heterocycles. The van der Waals surface area contributed by atoms with Crippen LogP contribution in [-0.4, -0.2) is 43.4 Å². The number of aryl methyl sites for hydroxylation is 2. The summed E-state index contributed by atoms with van der Waals surface area (Å²) in [6.07, 6.45) is 1.96. The van der Waals surface area contributed by atoms with Gasteiger partial charge < -0.3 is 14.8 Å². The van der Waals surface area contributed by atoms with E-state index in [1.165, 1.54) is 5.56 Å². The van der Waals surface area contributed by atoms with E-state index in [2.05, 4.69) is 22.2 Å². The minimum atomic E-state index is 0.502. The Morgan fingerprint density at radius 3 is 2.35 bits per heavy atom. The first kappa shape index (κ1) is 17.0. The fourth-order valence-corrected chi connectivity index (χ4v) is 2.06. The van der Waals surface area contributed by atoms with Gasteiger partial charge in [0.2, 0.25) is 0 Å². The molecule has 0 saturated carbocycles. The van der Waals surface area contributed by atoms with Crippen LogP contribution >= 0.6 is 0 Å². The van der Waals surface area contributed by atoms with Gasteiger partial charge in [-0.25, -0.2) is 9.97 Å². The van der Waals surface area contributed by atoms with Crippen molar-refractivity contribution in [3.8, 4) is 0 Å². The second-order valence-electron chi connectivity index (χ2n) is 4.83. The number of hydrogen-bond acceptors (Lipinski definition) is 5. The lowest BCUT2D eigenvalue weighted by atomic mass is 10.1. The molecule has 1 aromatic rings. The van der Waals surface area contributed by atoms with Crippen molar-refractivity contribution in [1.29, 1.82) is 0 Å². The largest absolute Gasteiger partial charge is 0.383 e. The maximum absolute atomic E-state index is 5.49. The van der Waals surface area contributed by atoms with Crippen LogP contribution in [0.4, 0.5) is 0 Å². The molecule has 5 heteroatoms.